The fraction of sp³-hybridized carbons (Fsp3) is 0.429. The summed E-state index contributed by atoms with van der Waals surface area (Å²) >= 11 is 0. The first kappa shape index (κ1) is 24.8. The van der Waals surface area contributed by atoms with Crippen LogP contribution in [0.2, 0.25) is 0 Å². The molecule has 0 bridgehead atoms. The van der Waals surface area contributed by atoms with E-state index in [1.807, 2.05) is 42.5 Å². The van der Waals surface area contributed by atoms with Gasteiger partial charge in [-0.3, -0.25) is 14.5 Å². The zero-order chi connectivity index (χ0) is 26.3. The average molecular weight is 503 g/mol. The van der Waals surface area contributed by atoms with Gasteiger partial charge in [0.2, 0.25) is 5.91 Å². The monoisotopic (exact) mass is 502 g/mol. The molecular weight excluding hydrogens is 468 g/mol. The molecule has 1 aromatic carbocycles. The average Bonchev–Trinajstić information content (AvgIpc) is 3.22. The van der Waals surface area contributed by atoms with E-state index in [1.54, 1.807) is 23.0 Å². The molecule has 194 valence electrons. The number of nitrogens with one attached hydrogen (secondary N) is 1. The lowest BCUT2D eigenvalue weighted by Gasteiger charge is -2.36. The lowest BCUT2D eigenvalue weighted by Crippen LogP contribution is -2.51. The summed E-state index contributed by atoms with van der Waals surface area (Å²) in [6.07, 6.45) is 1.77. The Hall–Kier alpha value is -3.88. The molecule has 1 fully saturated rings. The van der Waals surface area contributed by atoms with Gasteiger partial charge in [0, 0.05) is 39.4 Å². The third-order valence-electron chi connectivity index (χ3n) is 7.48. The number of likely N-dealkylation sites (N-methyl/N-ethyl adjacent to an activating group) is 1. The summed E-state index contributed by atoms with van der Waals surface area (Å²) in [5.41, 5.74) is 3.24. The molecule has 4 amide bonds. The Bertz CT molecular complexity index is 1230. The van der Waals surface area contributed by atoms with Crippen LogP contribution in [0.5, 0.6) is 0 Å². The lowest BCUT2D eigenvalue weighted by atomic mass is 9.85. The zero-order valence-electron chi connectivity index (χ0n) is 21.9. The number of nitrogens with zero attached hydrogens (tertiary/aromatic N) is 5. The molecule has 1 aromatic heterocycles. The standard InChI is InChI=1S/C28H34N6O3/c1-28(2,3)20-10-8-19(9-11-20)25-24-21(31(4)27(37)30-25)17-34(26(24)36)18-23(35)33-15-13-32(14-16-33)22-7-5-6-12-29-22/h5-12,25H,13-18H2,1-4H3,(H,30,37)/t25-/m0/s1. The highest BCUT2D eigenvalue weighted by atomic mass is 16.2. The molecule has 0 unspecified atom stereocenters. The van der Waals surface area contributed by atoms with Crippen molar-refractivity contribution in [3.05, 3.63) is 71.1 Å². The number of hydrogen-bond acceptors (Lipinski definition) is 5. The summed E-state index contributed by atoms with van der Waals surface area (Å²) in [7, 11) is 1.67. The molecule has 0 saturated carbocycles. The van der Waals surface area contributed by atoms with Crippen molar-refractivity contribution in [2.75, 3.05) is 51.2 Å². The van der Waals surface area contributed by atoms with Gasteiger partial charge < -0.3 is 20.0 Å². The number of urea groups is 1. The van der Waals surface area contributed by atoms with Crippen molar-refractivity contribution in [2.24, 2.45) is 0 Å². The van der Waals surface area contributed by atoms with E-state index in [-0.39, 0.29) is 36.3 Å². The minimum absolute atomic E-state index is 0.00240. The number of piperazine rings is 1. The maximum absolute atomic E-state index is 13.6. The molecule has 9 nitrogen and oxygen atoms in total. The molecule has 3 aliphatic heterocycles. The van der Waals surface area contributed by atoms with Crippen molar-refractivity contribution in [1.29, 1.82) is 0 Å². The molecule has 1 saturated heterocycles. The number of pyridine rings is 1. The second-order valence-corrected chi connectivity index (χ2v) is 10.9. The van der Waals surface area contributed by atoms with Crippen LogP contribution in [-0.4, -0.2) is 83.8 Å². The number of anilines is 1. The third kappa shape index (κ3) is 4.77. The minimum Gasteiger partial charge on any atom is -0.353 e. The van der Waals surface area contributed by atoms with E-state index in [4.69, 9.17) is 0 Å². The first-order valence-electron chi connectivity index (χ1n) is 12.7. The Morgan fingerprint density at radius 2 is 1.73 bits per heavy atom. The topological polar surface area (TPSA) is 89.1 Å². The number of carbonyl (C=O) groups excluding carboxylic acids is 3. The first-order valence-corrected chi connectivity index (χ1v) is 12.7. The van der Waals surface area contributed by atoms with Crippen LogP contribution >= 0.6 is 0 Å². The van der Waals surface area contributed by atoms with Crippen molar-refractivity contribution in [3.8, 4) is 0 Å². The van der Waals surface area contributed by atoms with Gasteiger partial charge in [0.25, 0.3) is 5.91 Å². The maximum Gasteiger partial charge on any atom is 0.322 e. The Morgan fingerprint density at radius 1 is 1.03 bits per heavy atom. The van der Waals surface area contributed by atoms with E-state index in [0.29, 0.717) is 37.4 Å². The van der Waals surface area contributed by atoms with Gasteiger partial charge in [0.1, 0.15) is 12.4 Å². The van der Waals surface area contributed by atoms with Crippen LogP contribution < -0.4 is 10.2 Å². The second kappa shape index (κ2) is 9.53. The summed E-state index contributed by atoms with van der Waals surface area (Å²) in [6, 6.07) is 13.1. The van der Waals surface area contributed by atoms with Crippen LogP contribution in [-0.2, 0) is 15.0 Å². The van der Waals surface area contributed by atoms with Gasteiger partial charge in [-0.05, 0) is 28.7 Å². The zero-order valence-corrected chi connectivity index (χ0v) is 21.9. The second-order valence-electron chi connectivity index (χ2n) is 10.9. The number of benzene rings is 1. The van der Waals surface area contributed by atoms with E-state index in [9.17, 15) is 14.4 Å². The highest BCUT2D eigenvalue weighted by Crippen LogP contribution is 2.36. The van der Waals surface area contributed by atoms with Crippen molar-refractivity contribution in [2.45, 2.75) is 32.2 Å². The predicted octanol–water partition coefficient (Wildman–Crippen LogP) is 2.52. The van der Waals surface area contributed by atoms with Crippen LogP contribution in [0.4, 0.5) is 10.6 Å². The van der Waals surface area contributed by atoms with E-state index in [2.05, 4.69) is 36.0 Å². The fourth-order valence-corrected chi connectivity index (χ4v) is 5.17. The largest absolute Gasteiger partial charge is 0.353 e. The van der Waals surface area contributed by atoms with Gasteiger partial charge in [0.05, 0.1) is 23.9 Å². The van der Waals surface area contributed by atoms with Gasteiger partial charge in [-0.2, -0.15) is 0 Å². The van der Waals surface area contributed by atoms with Crippen LogP contribution in [0.1, 0.15) is 37.9 Å². The summed E-state index contributed by atoms with van der Waals surface area (Å²) in [6.45, 7) is 9.22. The smallest absolute Gasteiger partial charge is 0.322 e. The lowest BCUT2D eigenvalue weighted by molar-refractivity contribution is -0.137. The highest BCUT2D eigenvalue weighted by Gasteiger charge is 2.43. The van der Waals surface area contributed by atoms with Crippen molar-refractivity contribution >= 4 is 23.7 Å². The number of rotatable bonds is 4. The molecule has 4 heterocycles. The number of aromatic nitrogens is 1. The van der Waals surface area contributed by atoms with Crippen LogP contribution in [0.3, 0.4) is 0 Å². The summed E-state index contributed by atoms with van der Waals surface area (Å²) in [5.74, 6) is 0.622. The van der Waals surface area contributed by atoms with E-state index in [1.165, 1.54) is 10.5 Å². The SMILES string of the molecule is CN1C(=O)N[C@@H](c2ccc(C(C)(C)C)cc2)C2=C1CN(CC(=O)N1CCN(c3ccccn3)CC1)C2=O. The summed E-state index contributed by atoms with van der Waals surface area (Å²) in [4.78, 5) is 50.9. The molecular formula is C28H34N6O3. The van der Waals surface area contributed by atoms with E-state index < -0.39 is 6.04 Å². The summed E-state index contributed by atoms with van der Waals surface area (Å²) < 4.78 is 0. The highest BCUT2D eigenvalue weighted by molar-refractivity contribution is 6.03. The Labute approximate surface area is 217 Å². The molecule has 1 N–H and O–H groups in total. The minimum atomic E-state index is -0.540. The Kier molecular flexibility index (Phi) is 6.39. The summed E-state index contributed by atoms with van der Waals surface area (Å²) in [5, 5.41) is 2.97. The molecule has 0 aliphatic carbocycles. The van der Waals surface area contributed by atoms with Gasteiger partial charge in [-0.15, -0.1) is 0 Å². The van der Waals surface area contributed by atoms with Crippen LogP contribution in [0.25, 0.3) is 0 Å². The predicted molar refractivity (Wildman–Crippen MR) is 141 cm³/mol. The molecule has 0 radical (unpaired) electrons. The van der Waals surface area contributed by atoms with Gasteiger partial charge >= 0.3 is 6.03 Å². The molecule has 2 aromatic rings. The normalized spacial score (nSPS) is 20.4. The van der Waals surface area contributed by atoms with Gasteiger partial charge in [0.15, 0.2) is 0 Å². The van der Waals surface area contributed by atoms with Crippen LogP contribution in [0, 0.1) is 0 Å². The quantitative estimate of drug-likeness (QED) is 0.694. The van der Waals surface area contributed by atoms with Crippen molar-refractivity contribution < 1.29 is 14.4 Å². The maximum atomic E-state index is 13.6. The van der Waals surface area contributed by atoms with Gasteiger partial charge in [-0.25, -0.2) is 9.78 Å². The molecule has 3 aliphatic rings. The fourth-order valence-electron chi connectivity index (χ4n) is 5.17. The Morgan fingerprint density at radius 3 is 2.35 bits per heavy atom. The van der Waals surface area contributed by atoms with Gasteiger partial charge in [-0.1, -0.05) is 51.1 Å². The van der Waals surface area contributed by atoms with E-state index in [0.717, 1.165) is 11.4 Å². The van der Waals surface area contributed by atoms with Crippen molar-refractivity contribution in [3.63, 3.8) is 0 Å². The molecule has 1 atom stereocenters. The molecule has 9 heteroatoms. The third-order valence-corrected chi connectivity index (χ3v) is 7.48. The molecule has 5 rings (SSSR count). The number of amides is 4. The molecule has 37 heavy (non-hydrogen) atoms. The number of carbonyl (C=O) groups is 3. The molecule has 0 spiro atoms. The first-order chi connectivity index (χ1) is 17.6. The Balaban J connectivity index is 1.28. The van der Waals surface area contributed by atoms with Crippen molar-refractivity contribution in [1.82, 2.24) is 25.0 Å². The number of hydrogen-bond donors (Lipinski definition) is 1. The van der Waals surface area contributed by atoms with Crippen LogP contribution in [0.15, 0.2) is 59.9 Å². The van der Waals surface area contributed by atoms with E-state index >= 15 is 0 Å².